The average Bonchev–Trinajstić information content (AvgIpc) is 3.20. The van der Waals surface area contributed by atoms with Gasteiger partial charge in [-0.05, 0) is 18.6 Å². The van der Waals surface area contributed by atoms with E-state index in [4.69, 9.17) is 18.6 Å². The molecule has 4 aromatic heterocycles. The summed E-state index contributed by atoms with van der Waals surface area (Å²) < 4.78 is 22.1. The first-order valence-electron chi connectivity index (χ1n) is 9.08. The smallest absolute Gasteiger partial charge is 0.248 e. The summed E-state index contributed by atoms with van der Waals surface area (Å²) in [6.07, 6.45) is 5.53. The highest BCUT2D eigenvalue weighted by Gasteiger charge is 2.13. The molecule has 148 valence electrons. The Balaban J connectivity index is 1.50. The molecule has 0 aliphatic rings. The minimum absolute atomic E-state index is 0.298. The molecule has 0 aromatic carbocycles. The second-order valence-electron chi connectivity index (χ2n) is 6.08. The Labute approximate surface area is 166 Å². The molecule has 0 aliphatic carbocycles. The molecule has 0 radical (unpaired) electrons. The molecule has 4 rings (SSSR count). The van der Waals surface area contributed by atoms with Crippen LogP contribution in [0.25, 0.3) is 22.8 Å². The Hall–Kier alpha value is -3.75. The zero-order chi connectivity index (χ0) is 20.1. The highest BCUT2D eigenvalue weighted by atomic mass is 16.5. The van der Waals surface area contributed by atoms with Crippen molar-refractivity contribution >= 4 is 11.2 Å². The molecular formula is C20H19N5O4. The molecule has 0 N–H and O–H groups in total. The summed E-state index contributed by atoms with van der Waals surface area (Å²) in [4.78, 5) is 21.3. The van der Waals surface area contributed by atoms with E-state index in [1.807, 2.05) is 19.1 Å². The fourth-order valence-electron chi connectivity index (χ4n) is 2.51. The first kappa shape index (κ1) is 18.6. The van der Waals surface area contributed by atoms with Crippen LogP contribution < -0.4 is 14.2 Å². The van der Waals surface area contributed by atoms with Gasteiger partial charge in [-0.15, -0.1) is 0 Å². The molecule has 0 amide bonds. The Morgan fingerprint density at radius 2 is 1.86 bits per heavy atom. The summed E-state index contributed by atoms with van der Waals surface area (Å²) in [6, 6.07) is 7.12. The molecule has 9 heteroatoms. The quantitative estimate of drug-likeness (QED) is 0.445. The summed E-state index contributed by atoms with van der Waals surface area (Å²) >= 11 is 0. The maximum absolute atomic E-state index is 5.76. The summed E-state index contributed by atoms with van der Waals surface area (Å²) in [6.45, 7) is 2.90. The molecule has 0 bridgehead atoms. The van der Waals surface area contributed by atoms with E-state index in [1.165, 1.54) is 6.33 Å². The van der Waals surface area contributed by atoms with Crippen molar-refractivity contribution in [1.82, 2.24) is 24.9 Å². The molecule has 4 aromatic rings. The Morgan fingerprint density at radius 3 is 2.66 bits per heavy atom. The average molecular weight is 393 g/mol. The second-order valence-corrected chi connectivity index (χ2v) is 6.08. The van der Waals surface area contributed by atoms with Gasteiger partial charge in [0.15, 0.2) is 0 Å². The van der Waals surface area contributed by atoms with Crippen LogP contribution in [0.1, 0.15) is 19.0 Å². The topological polar surface area (TPSA) is 105 Å². The maximum Gasteiger partial charge on any atom is 0.248 e. The van der Waals surface area contributed by atoms with Crippen LogP contribution in [0.5, 0.6) is 17.4 Å². The first-order valence-corrected chi connectivity index (χ1v) is 9.08. The zero-order valence-corrected chi connectivity index (χ0v) is 16.0. The van der Waals surface area contributed by atoms with Gasteiger partial charge >= 0.3 is 0 Å². The molecule has 29 heavy (non-hydrogen) atoms. The van der Waals surface area contributed by atoms with Crippen LogP contribution >= 0.6 is 0 Å². The van der Waals surface area contributed by atoms with Gasteiger partial charge in [0.25, 0.3) is 0 Å². The highest BCUT2D eigenvalue weighted by molar-refractivity contribution is 5.73. The van der Waals surface area contributed by atoms with Crippen LogP contribution in [0.15, 0.2) is 47.4 Å². The minimum Gasteiger partial charge on any atom is -0.495 e. The minimum atomic E-state index is 0.298. The number of methoxy groups -OCH3 is 1. The number of pyridine rings is 2. The van der Waals surface area contributed by atoms with Crippen molar-refractivity contribution in [2.45, 2.75) is 20.0 Å². The fraction of sp³-hybridized carbons (Fsp3) is 0.250. The molecule has 0 saturated carbocycles. The monoisotopic (exact) mass is 393 g/mol. The molecule has 0 aliphatic heterocycles. The van der Waals surface area contributed by atoms with Gasteiger partial charge in [0.1, 0.15) is 35.6 Å². The lowest BCUT2D eigenvalue weighted by Gasteiger charge is -2.05. The predicted molar refractivity (Wildman–Crippen MR) is 104 cm³/mol. The number of hydrogen-bond donors (Lipinski definition) is 0. The third-order valence-corrected chi connectivity index (χ3v) is 3.96. The van der Waals surface area contributed by atoms with Crippen molar-refractivity contribution in [2.75, 3.05) is 13.7 Å². The molecule has 4 heterocycles. The normalized spacial score (nSPS) is 10.8. The van der Waals surface area contributed by atoms with E-state index in [0.29, 0.717) is 53.4 Å². The standard InChI is InChI=1S/C20H19N5O4/c1-3-6-27-18-8-16(23-12-24-18)20-25-17-7-15(10-22-19(17)29-20)28-11-13-4-5-14(26-2)9-21-13/h4-5,7-10,12H,3,6,11H2,1-2H3. The fourth-order valence-corrected chi connectivity index (χ4v) is 2.51. The predicted octanol–water partition coefficient (Wildman–Crippen LogP) is 3.45. The number of rotatable bonds is 8. The van der Waals surface area contributed by atoms with Gasteiger partial charge < -0.3 is 18.6 Å². The molecule has 9 nitrogen and oxygen atoms in total. The molecular weight excluding hydrogens is 374 g/mol. The lowest BCUT2D eigenvalue weighted by atomic mass is 10.3. The van der Waals surface area contributed by atoms with Gasteiger partial charge in [-0.1, -0.05) is 6.92 Å². The van der Waals surface area contributed by atoms with E-state index in [2.05, 4.69) is 24.9 Å². The number of hydrogen-bond acceptors (Lipinski definition) is 9. The highest BCUT2D eigenvalue weighted by Crippen LogP contribution is 2.25. The van der Waals surface area contributed by atoms with E-state index in [1.54, 1.807) is 31.6 Å². The summed E-state index contributed by atoms with van der Waals surface area (Å²) in [7, 11) is 1.60. The van der Waals surface area contributed by atoms with Gasteiger partial charge in [-0.3, -0.25) is 4.98 Å². The molecule has 0 spiro atoms. The Kier molecular flexibility index (Phi) is 5.46. The van der Waals surface area contributed by atoms with Crippen LogP contribution in [0.4, 0.5) is 0 Å². The van der Waals surface area contributed by atoms with E-state index >= 15 is 0 Å². The van der Waals surface area contributed by atoms with Gasteiger partial charge in [0.2, 0.25) is 17.5 Å². The van der Waals surface area contributed by atoms with Crippen molar-refractivity contribution < 1.29 is 18.6 Å². The SMILES string of the molecule is CCCOc1cc(-c2nc3cc(OCc4ccc(OC)cn4)cnc3o2)ncn1. The Bertz CT molecular complexity index is 1100. The van der Waals surface area contributed by atoms with Crippen molar-refractivity contribution in [3.05, 3.63) is 48.7 Å². The Morgan fingerprint density at radius 1 is 0.966 bits per heavy atom. The lowest BCUT2D eigenvalue weighted by Crippen LogP contribution is -1.98. The summed E-state index contributed by atoms with van der Waals surface area (Å²) in [5.74, 6) is 2.07. The third kappa shape index (κ3) is 4.40. The second kappa shape index (κ2) is 8.51. The van der Waals surface area contributed by atoms with Gasteiger partial charge in [0, 0.05) is 12.1 Å². The first-order chi connectivity index (χ1) is 14.2. The lowest BCUT2D eigenvalue weighted by molar-refractivity contribution is 0.300. The molecule has 0 unspecified atom stereocenters. The zero-order valence-electron chi connectivity index (χ0n) is 16.0. The van der Waals surface area contributed by atoms with Crippen molar-refractivity contribution in [2.24, 2.45) is 0 Å². The van der Waals surface area contributed by atoms with Crippen molar-refractivity contribution in [3.8, 4) is 29.0 Å². The van der Waals surface area contributed by atoms with Gasteiger partial charge in [-0.2, -0.15) is 0 Å². The maximum atomic E-state index is 5.76. The van der Waals surface area contributed by atoms with Crippen LogP contribution in [0, 0.1) is 0 Å². The van der Waals surface area contributed by atoms with E-state index in [0.717, 1.165) is 12.1 Å². The molecule has 0 fully saturated rings. The van der Waals surface area contributed by atoms with Crippen LogP contribution in [0.3, 0.4) is 0 Å². The van der Waals surface area contributed by atoms with Gasteiger partial charge in [0.05, 0.1) is 31.8 Å². The number of oxazole rings is 1. The summed E-state index contributed by atoms with van der Waals surface area (Å²) in [5, 5.41) is 0. The van der Waals surface area contributed by atoms with E-state index in [-0.39, 0.29) is 0 Å². The van der Waals surface area contributed by atoms with Crippen molar-refractivity contribution in [3.63, 3.8) is 0 Å². The van der Waals surface area contributed by atoms with Crippen LogP contribution in [-0.4, -0.2) is 38.6 Å². The largest absolute Gasteiger partial charge is 0.495 e. The van der Waals surface area contributed by atoms with Crippen LogP contribution in [0.2, 0.25) is 0 Å². The van der Waals surface area contributed by atoms with E-state index in [9.17, 15) is 0 Å². The number of nitrogens with zero attached hydrogens (tertiary/aromatic N) is 5. The summed E-state index contributed by atoms with van der Waals surface area (Å²) in [5.41, 5.74) is 2.25. The number of fused-ring (bicyclic) bond motifs is 1. The number of ether oxygens (including phenoxy) is 3. The molecule has 0 atom stereocenters. The van der Waals surface area contributed by atoms with E-state index < -0.39 is 0 Å². The third-order valence-electron chi connectivity index (χ3n) is 3.96. The molecule has 0 saturated heterocycles. The van der Waals surface area contributed by atoms with Gasteiger partial charge in [-0.25, -0.2) is 19.9 Å². The van der Waals surface area contributed by atoms with Crippen LogP contribution in [-0.2, 0) is 6.61 Å². The van der Waals surface area contributed by atoms with Crippen molar-refractivity contribution in [1.29, 1.82) is 0 Å². The number of aromatic nitrogens is 5.